The minimum Gasteiger partial charge on any atom is -1.00 e. The fourth-order valence-electron chi connectivity index (χ4n) is 1.42. The number of aliphatic carboxylic acids is 1. The van der Waals surface area contributed by atoms with Crippen LogP contribution in [-0.2, 0) is 11.2 Å². The first-order valence-corrected chi connectivity index (χ1v) is 4.92. The van der Waals surface area contributed by atoms with Crippen molar-refractivity contribution in [2.24, 2.45) is 0 Å². The summed E-state index contributed by atoms with van der Waals surface area (Å²) in [7, 11) is 0. The Labute approximate surface area is 113 Å². The van der Waals surface area contributed by atoms with Gasteiger partial charge in [-0.3, -0.25) is 0 Å². The predicted octanol–water partition coefficient (Wildman–Crippen LogP) is -7.07. The molecule has 0 bridgehead atoms. The molecule has 0 saturated carbocycles. The molecule has 0 aliphatic carbocycles. The number of carboxylic acid groups (broad SMARTS) is 1. The second kappa shape index (κ2) is 7.50. The lowest BCUT2D eigenvalue weighted by molar-refractivity contribution is -0.554. The molecule has 1 aromatic carbocycles. The third-order valence-electron chi connectivity index (χ3n) is 2.73. The minimum atomic E-state index is -1.04. The van der Waals surface area contributed by atoms with Gasteiger partial charge in [0.15, 0.2) is 0 Å². The summed E-state index contributed by atoms with van der Waals surface area (Å²) in [5.74, 6) is -0.895. The van der Waals surface area contributed by atoms with Crippen LogP contribution in [0.15, 0.2) is 30.3 Å². The topological polar surface area (TPSA) is 92.6 Å². The van der Waals surface area contributed by atoms with E-state index in [-0.39, 0.29) is 30.9 Å². The van der Waals surface area contributed by atoms with Crippen LogP contribution in [0.25, 0.3) is 0 Å². The Morgan fingerprint density at radius 2 is 1.82 bits per heavy atom. The number of rotatable bonds is 4. The molecule has 0 aromatic heterocycles. The van der Waals surface area contributed by atoms with Gasteiger partial charge in [0, 0.05) is 6.42 Å². The normalized spacial score (nSPS) is 14.8. The zero-order valence-electron chi connectivity index (χ0n) is 9.70. The number of quaternary nitrogens is 2. The second-order valence-corrected chi connectivity index (χ2v) is 4.02. The minimum absolute atomic E-state index is 0. The summed E-state index contributed by atoms with van der Waals surface area (Å²) < 4.78 is 0. The third kappa shape index (κ3) is 4.52. The first-order chi connectivity index (χ1) is 6.97. The number of carbonyl (C=O) groups is 1. The highest BCUT2D eigenvalue weighted by molar-refractivity contribution is 5.77. The quantitative estimate of drug-likeness (QED) is 0.512. The maximum Gasteiger partial charge on any atom is 0.372 e. The first kappa shape index (κ1) is 18.6. The van der Waals surface area contributed by atoms with Gasteiger partial charge in [-0.2, -0.15) is 0 Å². The summed E-state index contributed by atoms with van der Waals surface area (Å²) in [6.45, 7) is 1.78. The van der Waals surface area contributed by atoms with Gasteiger partial charge in [0.2, 0.25) is 5.54 Å². The lowest BCUT2D eigenvalue weighted by Gasteiger charge is -2.22. The van der Waals surface area contributed by atoms with E-state index in [1.165, 1.54) is 0 Å². The van der Waals surface area contributed by atoms with Crippen LogP contribution >= 0.6 is 0 Å². The molecule has 0 saturated heterocycles. The molecule has 1 aromatic rings. The lowest BCUT2D eigenvalue weighted by Crippen LogP contribution is -3.00. The monoisotopic (exact) mass is 280 g/mol. The average Bonchev–Trinajstić information content (AvgIpc) is 2.18. The highest BCUT2D eigenvalue weighted by Crippen LogP contribution is 2.11. The van der Waals surface area contributed by atoms with E-state index in [4.69, 9.17) is 5.11 Å². The van der Waals surface area contributed by atoms with Gasteiger partial charge in [0.05, 0.1) is 0 Å². The molecule has 0 aliphatic rings. The molecule has 0 radical (unpaired) electrons. The molecule has 0 spiro atoms. The first-order valence-electron chi connectivity index (χ1n) is 4.92. The summed E-state index contributed by atoms with van der Waals surface area (Å²) in [6.07, 6.45) is 0.411. The third-order valence-corrected chi connectivity index (χ3v) is 2.73. The molecule has 1 rings (SSSR count). The van der Waals surface area contributed by atoms with E-state index in [1.54, 1.807) is 6.92 Å². The fourth-order valence-corrected chi connectivity index (χ4v) is 1.42. The summed E-state index contributed by atoms with van der Waals surface area (Å²) in [5.41, 5.74) is 7.52. The van der Waals surface area contributed by atoms with Gasteiger partial charge in [-0.25, -0.2) is 4.79 Å². The largest absolute Gasteiger partial charge is 1.00 e. The Morgan fingerprint density at radius 1 is 1.35 bits per heavy atom. The molecule has 17 heavy (non-hydrogen) atoms. The predicted molar refractivity (Wildman–Crippen MR) is 55.8 cm³/mol. The van der Waals surface area contributed by atoms with Gasteiger partial charge < -0.3 is 41.4 Å². The average molecular weight is 281 g/mol. The van der Waals surface area contributed by atoms with E-state index < -0.39 is 11.5 Å². The number of hydrogen-bond acceptors (Lipinski definition) is 1. The fraction of sp³-hybridized carbons (Fsp3) is 0.364. The Balaban J connectivity index is 0. The van der Waals surface area contributed by atoms with Gasteiger partial charge >= 0.3 is 5.97 Å². The highest BCUT2D eigenvalue weighted by atomic mass is 35.5. The van der Waals surface area contributed by atoms with Gasteiger partial charge in [0.1, 0.15) is 6.04 Å². The van der Waals surface area contributed by atoms with Crippen LogP contribution in [0.4, 0.5) is 0 Å². The molecule has 0 aliphatic heterocycles. The van der Waals surface area contributed by atoms with Crippen molar-refractivity contribution in [1.82, 2.24) is 0 Å². The molecule has 98 valence electrons. The van der Waals surface area contributed by atoms with Crippen molar-refractivity contribution in [3.63, 3.8) is 0 Å². The van der Waals surface area contributed by atoms with E-state index in [9.17, 15) is 4.79 Å². The van der Waals surface area contributed by atoms with Crippen molar-refractivity contribution < 1.29 is 46.2 Å². The Morgan fingerprint density at radius 3 is 2.18 bits per heavy atom. The lowest BCUT2D eigenvalue weighted by atomic mass is 9.86. The summed E-state index contributed by atoms with van der Waals surface area (Å²) in [5, 5.41) is 9.16. The number of hydrogen-bond donors (Lipinski definition) is 3. The van der Waals surface area contributed by atoms with Crippen LogP contribution in [0, 0.1) is 0 Å². The summed E-state index contributed by atoms with van der Waals surface area (Å²) >= 11 is 0. The van der Waals surface area contributed by atoms with Gasteiger partial charge in [0.25, 0.3) is 0 Å². The maximum absolute atomic E-state index is 11.2. The summed E-state index contributed by atoms with van der Waals surface area (Å²) in [6, 6.07) is 9.27. The maximum atomic E-state index is 11.2. The Hall–Kier alpha value is -0.810. The molecule has 0 heterocycles. The smallest absolute Gasteiger partial charge is 0.372 e. The van der Waals surface area contributed by atoms with E-state index in [0.29, 0.717) is 6.42 Å². The molecular formula is C11H18Cl2N2O2. The van der Waals surface area contributed by atoms with Crippen molar-refractivity contribution >= 4 is 5.97 Å². The van der Waals surface area contributed by atoms with Crippen LogP contribution in [0.2, 0.25) is 0 Å². The van der Waals surface area contributed by atoms with Crippen molar-refractivity contribution in [3.05, 3.63) is 35.9 Å². The van der Waals surface area contributed by atoms with Crippen molar-refractivity contribution in [2.75, 3.05) is 0 Å². The van der Waals surface area contributed by atoms with Crippen LogP contribution in [0.1, 0.15) is 12.5 Å². The molecule has 7 N–H and O–H groups in total. The highest BCUT2D eigenvalue weighted by Gasteiger charge is 2.45. The number of halogens is 2. The van der Waals surface area contributed by atoms with E-state index in [2.05, 4.69) is 11.5 Å². The van der Waals surface area contributed by atoms with E-state index in [1.807, 2.05) is 30.3 Å². The Bertz CT molecular complexity index is 347. The van der Waals surface area contributed by atoms with Crippen LogP contribution in [0.3, 0.4) is 0 Å². The Kier molecular flexibility index (Phi) is 8.19. The standard InChI is InChI=1S/C11H16N2O2.2ClH/c1-8(12)11(13,10(14)15)7-9-5-3-2-4-6-9;;/h2-6,8H,7,12-13H2,1H3,(H,14,15);2*1H/t8-,11+;;/m1../s1. The van der Waals surface area contributed by atoms with Crippen LogP contribution < -0.4 is 36.3 Å². The second-order valence-electron chi connectivity index (χ2n) is 4.02. The van der Waals surface area contributed by atoms with Crippen molar-refractivity contribution in [3.8, 4) is 0 Å². The van der Waals surface area contributed by atoms with Crippen LogP contribution in [-0.4, -0.2) is 22.7 Å². The number of benzene rings is 1. The number of carboxylic acids is 1. The molecular weight excluding hydrogens is 263 g/mol. The van der Waals surface area contributed by atoms with Crippen molar-refractivity contribution in [1.29, 1.82) is 0 Å². The molecule has 2 atom stereocenters. The van der Waals surface area contributed by atoms with Gasteiger partial charge in [-0.1, -0.05) is 30.3 Å². The zero-order valence-corrected chi connectivity index (χ0v) is 11.2. The van der Waals surface area contributed by atoms with E-state index >= 15 is 0 Å². The SMILES string of the molecule is C[C@@H]([NH3+])[C@@]([NH3+])(Cc1ccccc1)C(=O)O.[Cl-].[Cl-]. The molecule has 6 heteroatoms. The molecule has 0 unspecified atom stereocenters. The van der Waals surface area contributed by atoms with Crippen molar-refractivity contribution in [2.45, 2.75) is 24.9 Å². The molecule has 4 nitrogen and oxygen atoms in total. The van der Waals surface area contributed by atoms with Gasteiger partial charge in [-0.05, 0) is 12.5 Å². The van der Waals surface area contributed by atoms with Crippen LogP contribution in [0.5, 0.6) is 0 Å². The van der Waals surface area contributed by atoms with Gasteiger partial charge in [-0.15, -0.1) is 0 Å². The molecule has 0 amide bonds. The zero-order chi connectivity index (χ0) is 11.5. The van der Waals surface area contributed by atoms with E-state index in [0.717, 1.165) is 5.56 Å². The molecule has 0 fully saturated rings. The summed E-state index contributed by atoms with van der Waals surface area (Å²) in [4.78, 5) is 11.2.